The van der Waals surface area contributed by atoms with Gasteiger partial charge in [-0.3, -0.25) is 4.79 Å². The van der Waals surface area contributed by atoms with E-state index in [-0.39, 0.29) is 11.9 Å². The van der Waals surface area contributed by atoms with E-state index < -0.39 is 0 Å². The Morgan fingerprint density at radius 2 is 1.64 bits per heavy atom. The number of fused-ring (bicyclic) bond motifs is 1. The Morgan fingerprint density at radius 1 is 0.960 bits per heavy atom. The molecule has 128 valence electrons. The van der Waals surface area contributed by atoms with Crippen LogP contribution >= 0.6 is 0 Å². The normalized spacial score (nSPS) is 12.0. The molecule has 3 nitrogen and oxygen atoms in total. The molecule has 0 bridgehead atoms. The van der Waals surface area contributed by atoms with Crippen molar-refractivity contribution in [1.82, 2.24) is 5.32 Å². The molecule has 1 N–H and O–H groups in total. The molecule has 1 amide bonds. The molecule has 0 heterocycles. The lowest BCUT2D eigenvalue weighted by Crippen LogP contribution is -2.27. The summed E-state index contributed by atoms with van der Waals surface area (Å²) in [4.78, 5) is 12.8. The third-order valence-electron chi connectivity index (χ3n) is 4.69. The maximum Gasteiger partial charge on any atom is 0.255 e. The fourth-order valence-corrected chi connectivity index (χ4v) is 2.96. The highest BCUT2D eigenvalue weighted by Crippen LogP contribution is 2.27. The summed E-state index contributed by atoms with van der Waals surface area (Å²) >= 11 is 0. The molecule has 0 unspecified atom stereocenters. The highest BCUT2D eigenvalue weighted by molar-refractivity contribution is 6.01. The van der Waals surface area contributed by atoms with Gasteiger partial charge >= 0.3 is 0 Å². The van der Waals surface area contributed by atoms with Crippen molar-refractivity contribution >= 4 is 16.7 Å². The minimum atomic E-state index is -0.131. The minimum absolute atomic E-state index is 0.0806. The maximum atomic E-state index is 12.8. The molecule has 0 aliphatic heterocycles. The molecular weight excluding hydrogens is 310 g/mol. The predicted octanol–water partition coefficient (Wildman–Crippen LogP) is 4.96. The third kappa shape index (κ3) is 3.50. The molecule has 3 aromatic carbocycles. The molecule has 0 aromatic heterocycles. The monoisotopic (exact) mass is 333 g/mol. The molecule has 3 rings (SSSR count). The third-order valence-corrected chi connectivity index (χ3v) is 4.69. The lowest BCUT2D eigenvalue weighted by molar-refractivity contribution is 0.0937. The van der Waals surface area contributed by atoms with Gasteiger partial charge in [-0.05, 0) is 60.4 Å². The number of carbonyl (C=O) groups is 1. The minimum Gasteiger partial charge on any atom is -0.496 e. The molecule has 0 fully saturated rings. The number of aryl methyl sites for hydroxylation is 2. The van der Waals surface area contributed by atoms with E-state index in [2.05, 4.69) is 37.4 Å². The molecule has 0 aliphatic carbocycles. The van der Waals surface area contributed by atoms with Crippen molar-refractivity contribution in [3.63, 3.8) is 0 Å². The summed E-state index contributed by atoms with van der Waals surface area (Å²) in [5, 5.41) is 5.15. The topological polar surface area (TPSA) is 38.3 Å². The van der Waals surface area contributed by atoms with Crippen LogP contribution in [-0.4, -0.2) is 13.0 Å². The number of hydrogen-bond acceptors (Lipinski definition) is 2. The molecule has 1 atom stereocenters. The van der Waals surface area contributed by atoms with E-state index >= 15 is 0 Å². The molecule has 0 radical (unpaired) electrons. The summed E-state index contributed by atoms with van der Waals surface area (Å²) < 4.78 is 5.44. The summed E-state index contributed by atoms with van der Waals surface area (Å²) in [6, 6.07) is 17.9. The zero-order chi connectivity index (χ0) is 18.0. The summed E-state index contributed by atoms with van der Waals surface area (Å²) in [6.07, 6.45) is 0. The van der Waals surface area contributed by atoms with E-state index in [1.54, 1.807) is 7.11 Å². The quantitative estimate of drug-likeness (QED) is 0.733. The Kier molecular flexibility index (Phi) is 4.75. The maximum absolute atomic E-state index is 12.8. The molecule has 0 aliphatic rings. The first-order chi connectivity index (χ1) is 12.0. The number of hydrogen-bond donors (Lipinski definition) is 1. The first kappa shape index (κ1) is 17.0. The largest absolute Gasteiger partial charge is 0.496 e. The van der Waals surface area contributed by atoms with Gasteiger partial charge in [0.05, 0.1) is 18.7 Å². The van der Waals surface area contributed by atoms with Crippen molar-refractivity contribution in [3.05, 3.63) is 76.9 Å². The molecule has 0 spiro atoms. The molecule has 0 saturated heterocycles. The van der Waals surface area contributed by atoms with Gasteiger partial charge in [0.15, 0.2) is 0 Å². The van der Waals surface area contributed by atoms with Crippen molar-refractivity contribution in [2.75, 3.05) is 7.11 Å². The Bertz CT molecular complexity index is 930. The number of benzene rings is 3. The van der Waals surface area contributed by atoms with Gasteiger partial charge < -0.3 is 10.1 Å². The van der Waals surface area contributed by atoms with Gasteiger partial charge in [-0.25, -0.2) is 0 Å². The van der Waals surface area contributed by atoms with Crippen LogP contribution in [0.2, 0.25) is 0 Å². The second kappa shape index (κ2) is 6.98. The van der Waals surface area contributed by atoms with Gasteiger partial charge in [0.1, 0.15) is 5.75 Å². The summed E-state index contributed by atoms with van der Waals surface area (Å²) in [7, 11) is 1.59. The van der Waals surface area contributed by atoms with Crippen molar-refractivity contribution in [3.8, 4) is 5.75 Å². The van der Waals surface area contributed by atoms with Crippen molar-refractivity contribution in [2.45, 2.75) is 26.8 Å². The van der Waals surface area contributed by atoms with Crippen LogP contribution < -0.4 is 10.1 Å². The molecular formula is C22H23NO2. The smallest absolute Gasteiger partial charge is 0.255 e. The number of rotatable bonds is 4. The van der Waals surface area contributed by atoms with Crippen LogP contribution in [0, 0.1) is 13.8 Å². The zero-order valence-corrected chi connectivity index (χ0v) is 15.1. The van der Waals surface area contributed by atoms with E-state index in [1.807, 2.05) is 43.3 Å². The fraction of sp³-hybridized carbons (Fsp3) is 0.227. The second-order valence-corrected chi connectivity index (χ2v) is 6.44. The summed E-state index contributed by atoms with van der Waals surface area (Å²) in [6.45, 7) is 6.16. The van der Waals surface area contributed by atoms with Crippen LogP contribution in [0.15, 0.2) is 54.6 Å². The van der Waals surface area contributed by atoms with E-state index in [0.29, 0.717) is 11.3 Å². The number of carbonyl (C=O) groups excluding carboxylic acids is 1. The number of ether oxygens (including phenoxy) is 1. The van der Waals surface area contributed by atoms with Crippen LogP contribution in [0.3, 0.4) is 0 Å². The van der Waals surface area contributed by atoms with Gasteiger partial charge in [-0.2, -0.15) is 0 Å². The highest BCUT2D eigenvalue weighted by Gasteiger charge is 2.17. The van der Waals surface area contributed by atoms with Gasteiger partial charge in [-0.1, -0.05) is 42.5 Å². The summed E-state index contributed by atoms with van der Waals surface area (Å²) in [5.74, 6) is 0.455. The lowest BCUT2D eigenvalue weighted by atomic mass is 10.0. The standard InChI is InChI=1S/C22H23NO2/c1-14-9-10-17(11-15(14)2)16(3)23-22(24)20-12-18-7-5-6-8-19(18)13-21(20)25-4/h5-13,16H,1-4H3,(H,23,24)/t16-/m1/s1. The van der Waals surface area contributed by atoms with E-state index in [4.69, 9.17) is 4.74 Å². The average molecular weight is 333 g/mol. The number of methoxy groups -OCH3 is 1. The van der Waals surface area contributed by atoms with Gasteiger partial charge in [0.2, 0.25) is 0 Å². The van der Waals surface area contributed by atoms with E-state index in [0.717, 1.165) is 16.3 Å². The van der Waals surface area contributed by atoms with Crippen molar-refractivity contribution < 1.29 is 9.53 Å². The highest BCUT2D eigenvalue weighted by atomic mass is 16.5. The van der Waals surface area contributed by atoms with Gasteiger partial charge in [0, 0.05) is 0 Å². The molecule has 25 heavy (non-hydrogen) atoms. The number of nitrogens with one attached hydrogen (secondary N) is 1. The lowest BCUT2D eigenvalue weighted by Gasteiger charge is -2.17. The van der Waals surface area contributed by atoms with Crippen molar-refractivity contribution in [1.29, 1.82) is 0 Å². The fourth-order valence-electron chi connectivity index (χ4n) is 2.96. The second-order valence-electron chi connectivity index (χ2n) is 6.44. The Morgan fingerprint density at radius 3 is 2.28 bits per heavy atom. The first-order valence-corrected chi connectivity index (χ1v) is 8.44. The molecule has 3 heteroatoms. The Labute approximate surface area is 148 Å². The van der Waals surface area contributed by atoms with Gasteiger partial charge in [0.25, 0.3) is 5.91 Å². The average Bonchev–Trinajstić information content (AvgIpc) is 2.62. The Balaban J connectivity index is 1.89. The van der Waals surface area contributed by atoms with Crippen LogP contribution in [-0.2, 0) is 0 Å². The SMILES string of the molecule is COc1cc2ccccc2cc1C(=O)N[C@H](C)c1ccc(C)c(C)c1. The van der Waals surface area contributed by atoms with Crippen molar-refractivity contribution in [2.24, 2.45) is 0 Å². The molecule has 3 aromatic rings. The van der Waals surface area contributed by atoms with Crippen LogP contribution in [0.5, 0.6) is 5.75 Å². The zero-order valence-electron chi connectivity index (χ0n) is 15.1. The van der Waals surface area contributed by atoms with Gasteiger partial charge in [-0.15, -0.1) is 0 Å². The summed E-state index contributed by atoms with van der Waals surface area (Å²) in [5.41, 5.74) is 4.12. The van der Waals surface area contributed by atoms with E-state index in [1.165, 1.54) is 11.1 Å². The molecule has 0 saturated carbocycles. The van der Waals surface area contributed by atoms with E-state index in [9.17, 15) is 4.79 Å². The van der Waals surface area contributed by atoms with Crippen LogP contribution in [0.4, 0.5) is 0 Å². The van der Waals surface area contributed by atoms with Crippen LogP contribution in [0.25, 0.3) is 10.8 Å². The first-order valence-electron chi connectivity index (χ1n) is 8.44. The Hall–Kier alpha value is -2.81. The van der Waals surface area contributed by atoms with Crippen LogP contribution in [0.1, 0.15) is 40.0 Å². The predicted molar refractivity (Wildman–Crippen MR) is 102 cm³/mol. The number of amides is 1.